The van der Waals surface area contributed by atoms with E-state index >= 15 is 0 Å². The highest BCUT2D eigenvalue weighted by Crippen LogP contribution is 2.33. The molecule has 0 saturated carbocycles. The van der Waals surface area contributed by atoms with Gasteiger partial charge in [-0.1, -0.05) is 0 Å². The molecule has 5 rings (SSSR count). The van der Waals surface area contributed by atoms with Gasteiger partial charge < -0.3 is 14.6 Å². The third kappa shape index (κ3) is 4.84. The second-order valence-corrected chi connectivity index (χ2v) is 9.54. The van der Waals surface area contributed by atoms with Gasteiger partial charge in [0.25, 0.3) is 0 Å². The van der Waals surface area contributed by atoms with Crippen molar-refractivity contribution in [2.45, 2.75) is 52.9 Å². The van der Waals surface area contributed by atoms with E-state index in [1.165, 1.54) is 0 Å². The molecular formula is C26H34N8O3. The standard InChI is InChI=1S/C26H34N8O3/c1-6-36-25-18-7-8-21-19-11-22(27-13-23(19)30-29-21)20-12-28-32(5)26(20)37-17(4)14-33(16(2)3)15-24(18)34(31-25)9-10-35/h7-8,11-13,16-17,35H,6,9-10,14-15H2,1-5H3,(H,29,30)/b8-7+/t17-/m1/s1. The number of nitrogens with one attached hydrogen (secondary N) is 1. The zero-order valence-electron chi connectivity index (χ0n) is 22.0. The summed E-state index contributed by atoms with van der Waals surface area (Å²) >= 11 is 0. The van der Waals surface area contributed by atoms with Crippen molar-refractivity contribution < 1.29 is 14.6 Å². The van der Waals surface area contributed by atoms with E-state index in [9.17, 15) is 5.11 Å². The number of H-pyrrole nitrogens is 1. The number of pyridine rings is 1. The molecule has 37 heavy (non-hydrogen) atoms. The molecular weight excluding hydrogens is 472 g/mol. The van der Waals surface area contributed by atoms with Crippen molar-refractivity contribution in [3.8, 4) is 23.0 Å². The van der Waals surface area contributed by atoms with Crippen LogP contribution in [0.2, 0.25) is 0 Å². The van der Waals surface area contributed by atoms with Gasteiger partial charge in [0.05, 0.1) is 65.9 Å². The van der Waals surface area contributed by atoms with Crippen molar-refractivity contribution in [3.05, 3.63) is 35.4 Å². The van der Waals surface area contributed by atoms with Gasteiger partial charge in [0.2, 0.25) is 11.8 Å². The van der Waals surface area contributed by atoms with Crippen molar-refractivity contribution in [1.29, 1.82) is 0 Å². The lowest BCUT2D eigenvalue weighted by molar-refractivity contribution is 0.109. The number of rotatable bonds is 5. The van der Waals surface area contributed by atoms with Crippen LogP contribution in [0, 0.1) is 0 Å². The second kappa shape index (κ2) is 10.3. The second-order valence-electron chi connectivity index (χ2n) is 9.54. The molecule has 0 spiro atoms. The first-order chi connectivity index (χ1) is 17.9. The first-order valence-corrected chi connectivity index (χ1v) is 12.7. The molecule has 0 fully saturated rings. The van der Waals surface area contributed by atoms with Crippen LogP contribution in [0.5, 0.6) is 11.8 Å². The van der Waals surface area contributed by atoms with Gasteiger partial charge in [-0.25, -0.2) is 4.68 Å². The zero-order chi connectivity index (χ0) is 26.1. The Morgan fingerprint density at radius 3 is 2.86 bits per heavy atom. The number of aromatic amines is 1. The molecule has 4 aromatic heterocycles. The third-order valence-electron chi connectivity index (χ3n) is 6.59. The number of hydrogen-bond acceptors (Lipinski definition) is 8. The van der Waals surface area contributed by atoms with Gasteiger partial charge in [0.15, 0.2) is 0 Å². The van der Waals surface area contributed by atoms with E-state index in [2.05, 4.69) is 46.0 Å². The average Bonchev–Trinajstić information content (AvgIpc) is 3.53. The topological polar surface area (TPSA) is 119 Å². The summed E-state index contributed by atoms with van der Waals surface area (Å²) in [6.45, 7) is 10.5. The maximum Gasteiger partial charge on any atom is 0.240 e. The van der Waals surface area contributed by atoms with Crippen LogP contribution in [0.1, 0.15) is 44.6 Å². The quantitative estimate of drug-likeness (QED) is 0.424. The number of aromatic nitrogens is 7. The largest absolute Gasteiger partial charge is 0.476 e. The highest BCUT2D eigenvalue weighted by molar-refractivity contribution is 5.91. The summed E-state index contributed by atoms with van der Waals surface area (Å²) in [5.74, 6) is 1.21. The number of fused-ring (bicyclic) bond motifs is 4. The van der Waals surface area contributed by atoms with Crippen LogP contribution in [-0.2, 0) is 20.1 Å². The molecule has 1 aliphatic heterocycles. The maximum absolute atomic E-state index is 9.75. The first kappa shape index (κ1) is 25.0. The van der Waals surface area contributed by atoms with Crippen LogP contribution in [-0.4, -0.2) is 76.7 Å². The van der Waals surface area contributed by atoms with Crippen molar-refractivity contribution >= 4 is 23.1 Å². The van der Waals surface area contributed by atoms with Crippen molar-refractivity contribution in [2.24, 2.45) is 7.05 Å². The third-order valence-corrected chi connectivity index (χ3v) is 6.59. The minimum Gasteiger partial charge on any atom is -0.476 e. The lowest BCUT2D eigenvalue weighted by atomic mass is 10.1. The molecule has 0 radical (unpaired) electrons. The summed E-state index contributed by atoms with van der Waals surface area (Å²) < 4.78 is 16.0. The molecule has 0 aliphatic carbocycles. The van der Waals surface area contributed by atoms with E-state index in [1.54, 1.807) is 17.1 Å². The van der Waals surface area contributed by atoms with E-state index in [-0.39, 0.29) is 18.8 Å². The van der Waals surface area contributed by atoms with Gasteiger partial charge in [-0.3, -0.25) is 19.7 Å². The number of aryl methyl sites for hydroxylation is 1. The minimum atomic E-state index is -0.130. The van der Waals surface area contributed by atoms with Crippen molar-refractivity contribution in [2.75, 3.05) is 19.8 Å². The van der Waals surface area contributed by atoms with Gasteiger partial charge in [0.1, 0.15) is 6.10 Å². The summed E-state index contributed by atoms with van der Waals surface area (Å²) in [7, 11) is 1.87. The fraction of sp³-hybridized carbons (Fsp3) is 0.462. The number of nitrogens with zero attached hydrogens (tertiary/aromatic N) is 7. The number of aliphatic hydroxyl groups is 1. The maximum atomic E-state index is 9.75. The zero-order valence-corrected chi connectivity index (χ0v) is 22.0. The molecule has 0 aromatic carbocycles. The molecule has 4 aromatic rings. The first-order valence-electron chi connectivity index (χ1n) is 12.7. The summed E-state index contributed by atoms with van der Waals surface area (Å²) in [5, 5.41) is 27.4. The van der Waals surface area contributed by atoms with Crippen LogP contribution in [0.25, 0.3) is 34.3 Å². The number of hydrogen-bond donors (Lipinski definition) is 2. The van der Waals surface area contributed by atoms with Crippen molar-refractivity contribution in [1.82, 2.24) is 39.6 Å². The number of aliphatic hydroxyl groups excluding tert-OH is 1. The Bertz CT molecular complexity index is 1420. The normalized spacial score (nSPS) is 17.3. The lowest BCUT2D eigenvalue weighted by Gasteiger charge is -2.30. The van der Waals surface area contributed by atoms with Crippen LogP contribution in [0.4, 0.5) is 0 Å². The van der Waals surface area contributed by atoms with Crippen LogP contribution < -0.4 is 9.47 Å². The molecule has 1 atom stereocenters. The van der Waals surface area contributed by atoms with Crippen molar-refractivity contribution in [3.63, 3.8) is 0 Å². The number of ether oxygens (including phenoxy) is 2. The predicted octanol–water partition coefficient (Wildman–Crippen LogP) is 3.11. The molecule has 2 N–H and O–H groups in total. The molecule has 11 nitrogen and oxygen atoms in total. The highest BCUT2D eigenvalue weighted by Gasteiger charge is 2.25. The smallest absolute Gasteiger partial charge is 0.240 e. The fourth-order valence-electron chi connectivity index (χ4n) is 4.67. The Balaban J connectivity index is 1.71. The Hall–Kier alpha value is -3.70. The van der Waals surface area contributed by atoms with Gasteiger partial charge in [-0.05, 0) is 45.9 Å². The summed E-state index contributed by atoms with van der Waals surface area (Å²) in [4.78, 5) is 6.99. The monoisotopic (exact) mass is 506 g/mol. The Morgan fingerprint density at radius 1 is 1.27 bits per heavy atom. The summed E-state index contributed by atoms with van der Waals surface area (Å²) in [5.41, 5.74) is 5.05. The molecule has 1 aliphatic rings. The predicted molar refractivity (Wildman–Crippen MR) is 141 cm³/mol. The van der Waals surface area contributed by atoms with Gasteiger partial charge in [-0.2, -0.15) is 10.2 Å². The van der Waals surface area contributed by atoms with Gasteiger partial charge in [-0.15, -0.1) is 5.10 Å². The van der Waals surface area contributed by atoms with Gasteiger partial charge in [0, 0.05) is 31.6 Å². The van der Waals surface area contributed by atoms with E-state index in [0.29, 0.717) is 38.0 Å². The van der Waals surface area contributed by atoms with Crippen LogP contribution >= 0.6 is 0 Å². The molecule has 0 amide bonds. The Kier molecular flexibility index (Phi) is 6.98. The molecule has 5 heterocycles. The van der Waals surface area contributed by atoms with E-state index in [1.807, 2.05) is 36.9 Å². The summed E-state index contributed by atoms with van der Waals surface area (Å²) in [6, 6.07) is 2.24. The molecule has 0 unspecified atom stereocenters. The molecule has 196 valence electrons. The SMILES string of the molecule is CCOc1nn(CCO)c2c1/C=C/c1n[nH]c3cnc(cc13)-c1cnn(C)c1O[C@H](C)CN(C(C)C)C2. The molecule has 0 saturated heterocycles. The van der Waals surface area contributed by atoms with Crippen LogP contribution in [0.15, 0.2) is 18.5 Å². The molecule has 11 heteroatoms. The fourth-order valence-corrected chi connectivity index (χ4v) is 4.67. The van der Waals surface area contributed by atoms with Gasteiger partial charge >= 0.3 is 0 Å². The minimum absolute atomic E-state index is 0.0202. The average molecular weight is 507 g/mol. The van der Waals surface area contributed by atoms with E-state index in [4.69, 9.17) is 14.6 Å². The lowest BCUT2D eigenvalue weighted by Crippen LogP contribution is -2.39. The Labute approximate surface area is 215 Å². The molecule has 2 bridgehead atoms. The Morgan fingerprint density at radius 2 is 2.11 bits per heavy atom. The van der Waals surface area contributed by atoms with Crippen LogP contribution in [0.3, 0.4) is 0 Å². The van der Waals surface area contributed by atoms with E-state index in [0.717, 1.165) is 39.1 Å². The van der Waals surface area contributed by atoms with E-state index < -0.39 is 0 Å². The summed E-state index contributed by atoms with van der Waals surface area (Å²) in [6.07, 6.45) is 7.42. The highest BCUT2D eigenvalue weighted by atomic mass is 16.5.